The van der Waals surface area contributed by atoms with Crippen LogP contribution in [-0.4, -0.2) is 40.5 Å². The van der Waals surface area contributed by atoms with Crippen molar-refractivity contribution in [1.82, 2.24) is 14.9 Å². The SMILES string of the molecule is CCOc1ccc(CCNC(=O)Cn2c(SC(C)C)nc3ccccc32)cc1OCC. The molecule has 3 aromatic rings. The van der Waals surface area contributed by atoms with E-state index in [4.69, 9.17) is 14.5 Å². The Morgan fingerprint density at radius 1 is 1.10 bits per heavy atom. The Kier molecular flexibility index (Phi) is 8.23. The van der Waals surface area contributed by atoms with E-state index >= 15 is 0 Å². The van der Waals surface area contributed by atoms with Crippen molar-refractivity contribution < 1.29 is 14.3 Å². The van der Waals surface area contributed by atoms with Gasteiger partial charge in [0.2, 0.25) is 5.91 Å². The summed E-state index contributed by atoms with van der Waals surface area (Å²) >= 11 is 1.67. The van der Waals surface area contributed by atoms with E-state index in [0.717, 1.165) is 39.7 Å². The lowest BCUT2D eigenvalue weighted by Gasteiger charge is -2.13. The summed E-state index contributed by atoms with van der Waals surface area (Å²) in [6.07, 6.45) is 0.719. The van der Waals surface area contributed by atoms with Gasteiger partial charge in [-0.3, -0.25) is 4.79 Å². The smallest absolute Gasteiger partial charge is 0.240 e. The molecule has 1 heterocycles. The maximum absolute atomic E-state index is 12.7. The number of para-hydroxylation sites is 2. The van der Waals surface area contributed by atoms with Gasteiger partial charge in [-0.1, -0.05) is 43.8 Å². The second-order valence-corrected chi connectivity index (χ2v) is 8.93. The van der Waals surface area contributed by atoms with Crippen molar-refractivity contribution >= 4 is 28.7 Å². The quantitative estimate of drug-likeness (QED) is 0.437. The number of ether oxygens (including phenoxy) is 2. The lowest BCUT2D eigenvalue weighted by Crippen LogP contribution is -2.29. The first-order chi connectivity index (χ1) is 15.0. The van der Waals surface area contributed by atoms with Crippen LogP contribution in [0.4, 0.5) is 0 Å². The molecule has 0 aliphatic carbocycles. The average molecular weight is 442 g/mol. The van der Waals surface area contributed by atoms with Crippen LogP contribution in [-0.2, 0) is 17.8 Å². The Hall–Kier alpha value is -2.67. The standard InChI is InChI=1S/C24H31N3O3S/c1-5-29-21-12-11-18(15-22(21)30-6-2)13-14-25-23(28)16-27-20-10-8-7-9-19(20)26-24(27)31-17(3)4/h7-12,15,17H,5-6,13-14,16H2,1-4H3,(H,25,28). The first kappa shape index (κ1) is 23.0. The predicted octanol–water partition coefficient (Wildman–Crippen LogP) is 4.69. The van der Waals surface area contributed by atoms with Crippen molar-refractivity contribution in [2.24, 2.45) is 0 Å². The summed E-state index contributed by atoms with van der Waals surface area (Å²) in [6.45, 7) is 10.1. The summed E-state index contributed by atoms with van der Waals surface area (Å²) in [5.74, 6) is 1.47. The van der Waals surface area contributed by atoms with Crippen LogP contribution in [0.5, 0.6) is 11.5 Å². The van der Waals surface area contributed by atoms with Crippen molar-refractivity contribution in [1.29, 1.82) is 0 Å². The number of amides is 1. The van der Waals surface area contributed by atoms with E-state index in [-0.39, 0.29) is 12.5 Å². The summed E-state index contributed by atoms with van der Waals surface area (Å²) in [5.41, 5.74) is 2.99. The lowest BCUT2D eigenvalue weighted by atomic mass is 10.1. The van der Waals surface area contributed by atoms with Gasteiger partial charge in [-0.2, -0.15) is 0 Å². The van der Waals surface area contributed by atoms with Crippen LogP contribution in [0.15, 0.2) is 47.6 Å². The highest BCUT2D eigenvalue weighted by Gasteiger charge is 2.15. The van der Waals surface area contributed by atoms with Crippen molar-refractivity contribution in [2.45, 2.75) is 51.1 Å². The van der Waals surface area contributed by atoms with Gasteiger partial charge in [0.15, 0.2) is 16.7 Å². The van der Waals surface area contributed by atoms with Crippen LogP contribution < -0.4 is 14.8 Å². The third-order valence-corrected chi connectivity index (χ3v) is 5.60. The minimum absolute atomic E-state index is 0.0234. The number of imidazole rings is 1. The van der Waals surface area contributed by atoms with Crippen molar-refractivity contribution in [3.8, 4) is 11.5 Å². The van der Waals surface area contributed by atoms with Gasteiger partial charge < -0.3 is 19.4 Å². The van der Waals surface area contributed by atoms with Gasteiger partial charge >= 0.3 is 0 Å². The van der Waals surface area contributed by atoms with E-state index in [9.17, 15) is 4.79 Å². The Labute approximate surface area is 188 Å². The topological polar surface area (TPSA) is 65.4 Å². The van der Waals surface area contributed by atoms with Crippen LogP contribution in [0.25, 0.3) is 11.0 Å². The van der Waals surface area contributed by atoms with Crippen molar-refractivity contribution in [3.63, 3.8) is 0 Å². The molecule has 0 atom stereocenters. The van der Waals surface area contributed by atoms with Gasteiger partial charge in [-0.25, -0.2) is 4.98 Å². The molecule has 2 aromatic carbocycles. The highest BCUT2D eigenvalue weighted by atomic mass is 32.2. The molecule has 166 valence electrons. The minimum atomic E-state index is -0.0234. The van der Waals surface area contributed by atoms with Crippen LogP contribution in [0.3, 0.4) is 0 Å². The van der Waals surface area contributed by atoms with Crippen molar-refractivity contribution in [3.05, 3.63) is 48.0 Å². The number of benzene rings is 2. The molecule has 0 unspecified atom stereocenters. The second-order valence-electron chi connectivity index (χ2n) is 7.38. The number of aromatic nitrogens is 2. The Bertz CT molecular complexity index is 1020. The summed E-state index contributed by atoms with van der Waals surface area (Å²) in [4.78, 5) is 17.4. The number of thioether (sulfide) groups is 1. The highest BCUT2D eigenvalue weighted by Crippen LogP contribution is 2.29. The van der Waals surface area contributed by atoms with Gasteiger partial charge in [0.25, 0.3) is 0 Å². The van der Waals surface area contributed by atoms with E-state index < -0.39 is 0 Å². The van der Waals surface area contributed by atoms with Gasteiger partial charge in [-0.05, 0) is 50.1 Å². The maximum atomic E-state index is 12.7. The van der Waals surface area contributed by atoms with Crippen molar-refractivity contribution in [2.75, 3.05) is 19.8 Å². The molecule has 0 spiro atoms. The maximum Gasteiger partial charge on any atom is 0.240 e. The van der Waals surface area contributed by atoms with E-state index in [0.29, 0.717) is 25.0 Å². The molecule has 0 saturated heterocycles. The highest BCUT2D eigenvalue weighted by molar-refractivity contribution is 7.99. The summed E-state index contributed by atoms with van der Waals surface area (Å²) in [5, 5.41) is 4.30. The molecule has 0 aliphatic heterocycles. The molecule has 3 rings (SSSR count). The van der Waals surface area contributed by atoms with Gasteiger partial charge in [0.1, 0.15) is 6.54 Å². The van der Waals surface area contributed by atoms with Crippen LogP contribution in [0.1, 0.15) is 33.3 Å². The fourth-order valence-electron chi connectivity index (χ4n) is 3.30. The number of rotatable bonds is 11. The lowest BCUT2D eigenvalue weighted by molar-refractivity contribution is -0.121. The summed E-state index contributed by atoms with van der Waals surface area (Å²) < 4.78 is 13.3. The summed E-state index contributed by atoms with van der Waals surface area (Å²) in [6, 6.07) is 13.9. The van der Waals surface area contributed by atoms with E-state index in [1.54, 1.807) is 11.8 Å². The molecule has 7 heteroatoms. The Morgan fingerprint density at radius 2 is 1.84 bits per heavy atom. The zero-order chi connectivity index (χ0) is 22.2. The molecule has 1 N–H and O–H groups in total. The number of carbonyl (C=O) groups is 1. The van der Waals surface area contributed by atoms with E-state index in [2.05, 4.69) is 19.2 Å². The zero-order valence-corrected chi connectivity index (χ0v) is 19.5. The molecule has 0 aliphatic rings. The van der Waals surface area contributed by atoms with Crippen LogP contribution in [0.2, 0.25) is 0 Å². The zero-order valence-electron chi connectivity index (χ0n) is 18.7. The number of nitrogens with one attached hydrogen (secondary N) is 1. The van der Waals surface area contributed by atoms with E-state index in [1.807, 2.05) is 60.9 Å². The molecule has 0 bridgehead atoms. The Balaban J connectivity index is 1.63. The first-order valence-electron chi connectivity index (χ1n) is 10.8. The third-order valence-electron chi connectivity index (χ3n) is 4.61. The minimum Gasteiger partial charge on any atom is -0.490 e. The number of fused-ring (bicyclic) bond motifs is 1. The average Bonchev–Trinajstić information content (AvgIpc) is 3.06. The molecule has 0 radical (unpaired) electrons. The predicted molar refractivity (Wildman–Crippen MR) is 126 cm³/mol. The number of carbonyl (C=O) groups excluding carboxylic acids is 1. The third kappa shape index (κ3) is 6.17. The van der Waals surface area contributed by atoms with Gasteiger partial charge in [-0.15, -0.1) is 0 Å². The monoisotopic (exact) mass is 441 g/mol. The fraction of sp³-hybridized carbons (Fsp3) is 0.417. The van der Waals surface area contributed by atoms with Gasteiger partial charge in [0.05, 0.1) is 24.2 Å². The first-order valence-corrected chi connectivity index (χ1v) is 11.7. The molecule has 1 aromatic heterocycles. The van der Waals surface area contributed by atoms with Crippen LogP contribution in [0, 0.1) is 0 Å². The molecular weight excluding hydrogens is 410 g/mol. The fourth-order valence-corrected chi connectivity index (χ4v) is 4.17. The van der Waals surface area contributed by atoms with E-state index in [1.165, 1.54) is 0 Å². The molecule has 1 amide bonds. The number of hydrogen-bond acceptors (Lipinski definition) is 5. The largest absolute Gasteiger partial charge is 0.490 e. The van der Waals surface area contributed by atoms with Gasteiger partial charge in [0, 0.05) is 11.8 Å². The van der Waals surface area contributed by atoms with Crippen LogP contribution >= 0.6 is 11.8 Å². The normalized spacial score (nSPS) is 11.1. The molecule has 31 heavy (non-hydrogen) atoms. The molecular formula is C24H31N3O3S. The molecule has 0 fully saturated rings. The molecule has 0 saturated carbocycles. The number of nitrogens with zero attached hydrogens (tertiary/aromatic N) is 2. The summed E-state index contributed by atoms with van der Waals surface area (Å²) in [7, 11) is 0. The molecule has 6 nitrogen and oxygen atoms in total. The second kappa shape index (κ2) is 11.1. The number of hydrogen-bond donors (Lipinski definition) is 1. The Morgan fingerprint density at radius 3 is 2.58 bits per heavy atom.